The maximum atomic E-state index is 13.4. The van der Waals surface area contributed by atoms with E-state index in [9.17, 15) is 4.79 Å². The van der Waals surface area contributed by atoms with Crippen LogP contribution in [0.1, 0.15) is 33.2 Å². The lowest BCUT2D eigenvalue weighted by Crippen LogP contribution is -2.48. The monoisotopic (exact) mass is 361 g/mol. The SMILES string of the molecule is Cc1ccccc1-n1ncc(C(=O)N2CCNCC2c2cccnc2)c1C. The van der Waals surface area contributed by atoms with Gasteiger partial charge in [0.15, 0.2) is 0 Å². The molecule has 138 valence electrons. The van der Waals surface area contributed by atoms with Crippen molar-refractivity contribution in [3.63, 3.8) is 0 Å². The molecule has 1 atom stereocenters. The fourth-order valence-corrected chi connectivity index (χ4v) is 3.64. The Morgan fingerprint density at radius 2 is 2.00 bits per heavy atom. The van der Waals surface area contributed by atoms with Gasteiger partial charge in [0.1, 0.15) is 0 Å². The number of hydrogen-bond acceptors (Lipinski definition) is 4. The van der Waals surface area contributed by atoms with Crippen LogP contribution in [0.5, 0.6) is 0 Å². The Bertz CT molecular complexity index is 950. The summed E-state index contributed by atoms with van der Waals surface area (Å²) in [5.74, 6) is 0.0164. The van der Waals surface area contributed by atoms with E-state index >= 15 is 0 Å². The van der Waals surface area contributed by atoms with Crippen molar-refractivity contribution in [1.82, 2.24) is 25.0 Å². The van der Waals surface area contributed by atoms with Crippen LogP contribution in [-0.2, 0) is 0 Å². The summed E-state index contributed by atoms with van der Waals surface area (Å²) < 4.78 is 1.85. The van der Waals surface area contributed by atoms with Gasteiger partial charge in [0.25, 0.3) is 5.91 Å². The van der Waals surface area contributed by atoms with Crippen molar-refractivity contribution in [2.24, 2.45) is 0 Å². The predicted molar refractivity (Wildman–Crippen MR) is 104 cm³/mol. The molecule has 4 rings (SSSR count). The molecule has 0 spiro atoms. The molecule has 1 fully saturated rings. The molecule has 3 heterocycles. The van der Waals surface area contributed by atoms with Gasteiger partial charge >= 0.3 is 0 Å². The molecule has 6 heteroatoms. The summed E-state index contributed by atoms with van der Waals surface area (Å²) in [7, 11) is 0. The summed E-state index contributed by atoms with van der Waals surface area (Å²) in [6, 6.07) is 12.0. The van der Waals surface area contributed by atoms with Gasteiger partial charge in [-0.3, -0.25) is 9.78 Å². The predicted octanol–water partition coefficient (Wildman–Crippen LogP) is 2.67. The third-order valence-electron chi connectivity index (χ3n) is 5.16. The number of amides is 1. The maximum absolute atomic E-state index is 13.4. The Balaban J connectivity index is 1.67. The van der Waals surface area contributed by atoms with Gasteiger partial charge in [-0.1, -0.05) is 24.3 Å². The smallest absolute Gasteiger partial charge is 0.257 e. The van der Waals surface area contributed by atoms with Gasteiger partial charge in [-0.05, 0) is 37.1 Å². The van der Waals surface area contributed by atoms with Crippen molar-refractivity contribution in [3.05, 3.63) is 77.4 Å². The van der Waals surface area contributed by atoms with E-state index in [4.69, 9.17) is 0 Å². The first kappa shape index (κ1) is 17.4. The quantitative estimate of drug-likeness (QED) is 0.779. The molecular formula is C21H23N5O. The van der Waals surface area contributed by atoms with E-state index in [1.54, 1.807) is 12.4 Å². The van der Waals surface area contributed by atoms with Crippen molar-refractivity contribution in [2.75, 3.05) is 19.6 Å². The van der Waals surface area contributed by atoms with Crippen LogP contribution in [0.2, 0.25) is 0 Å². The Kier molecular flexibility index (Phi) is 4.73. The minimum Gasteiger partial charge on any atom is -0.329 e. The molecule has 1 aromatic carbocycles. The molecule has 0 aliphatic carbocycles. The average molecular weight is 361 g/mol. The Morgan fingerprint density at radius 1 is 1.15 bits per heavy atom. The number of rotatable bonds is 3. The topological polar surface area (TPSA) is 63.1 Å². The first-order chi connectivity index (χ1) is 13.2. The molecule has 27 heavy (non-hydrogen) atoms. The van der Waals surface area contributed by atoms with Gasteiger partial charge in [-0.15, -0.1) is 0 Å². The first-order valence-corrected chi connectivity index (χ1v) is 9.19. The van der Waals surface area contributed by atoms with E-state index in [0.717, 1.165) is 35.6 Å². The maximum Gasteiger partial charge on any atom is 0.257 e. The number of pyridine rings is 1. The average Bonchev–Trinajstić information content (AvgIpc) is 3.09. The summed E-state index contributed by atoms with van der Waals surface area (Å²) in [4.78, 5) is 19.5. The molecule has 1 unspecified atom stereocenters. The van der Waals surface area contributed by atoms with Crippen LogP contribution in [0.4, 0.5) is 0 Å². The van der Waals surface area contributed by atoms with Crippen LogP contribution in [0.3, 0.4) is 0 Å². The number of nitrogens with one attached hydrogen (secondary N) is 1. The second-order valence-corrected chi connectivity index (χ2v) is 6.85. The second kappa shape index (κ2) is 7.32. The fraction of sp³-hybridized carbons (Fsp3) is 0.286. The first-order valence-electron chi connectivity index (χ1n) is 9.19. The Labute approximate surface area is 158 Å². The van der Waals surface area contributed by atoms with Crippen LogP contribution in [0.25, 0.3) is 5.69 Å². The highest BCUT2D eigenvalue weighted by molar-refractivity contribution is 5.95. The molecule has 1 aliphatic rings. The largest absolute Gasteiger partial charge is 0.329 e. The number of benzene rings is 1. The number of nitrogens with zero attached hydrogens (tertiary/aromatic N) is 4. The van der Waals surface area contributed by atoms with E-state index in [2.05, 4.69) is 15.4 Å². The normalized spacial score (nSPS) is 17.1. The molecule has 1 saturated heterocycles. The second-order valence-electron chi connectivity index (χ2n) is 6.85. The van der Waals surface area contributed by atoms with Gasteiger partial charge in [-0.2, -0.15) is 5.10 Å². The molecule has 0 bridgehead atoms. The number of aromatic nitrogens is 3. The van der Waals surface area contributed by atoms with Crippen molar-refractivity contribution in [2.45, 2.75) is 19.9 Å². The van der Waals surface area contributed by atoms with Crippen LogP contribution in [0, 0.1) is 13.8 Å². The number of para-hydroxylation sites is 1. The zero-order valence-electron chi connectivity index (χ0n) is 15.6. The third kappa shape index (κ3) is 3.24. The highest BCUT2D eigenvalue weighted by Crippen LogP contribution is 2.25. The van der Waals surface area contributed by atoms with Crippen molar-refractivity contribution in [1.29, 1.82) is 0 Å². The molecule has 3 aromatic rings. The number of carbonyl (C=O) groups excluding carboxylic acids is 1. The van der Waals surface area contributed by atoms with E-state index < -0.39 is 0 Å². The molecule has 1 N–H and O–H groups in total. The minimum atomic E-state index is -0.0267. The van der Waals surface area contributed by atoms with E-state index in [1.807, 2.05) is 66.0 Å². The van der Waals surface area contributed by atoms with Crippen LogP contribution in [-0.4, -0.2) is 45.2 Å². The molecule has 1 aliphatic heterocycles. The molecule has 0 saturated carbocycles. The lowest BCUT2D eigenvalue weighted by molar-refractivity contribution is 0.0633. The van der Waals surface area contributed by atoms with Crippen LogP contribution >= 0.6 is 0 Å². The highest BCUT2D eigenvalue weighted by Gasteiger charge is 2.30. The molecule has 2 aromatic heterocycles. The molecule has 1 amide bonds. The number of piperazine rings is 1. The van der Waals surface area contributed by atoms with E-state index in [0.29, 0.717) is 12.1 Å². The third-order valence-corrected chi connectivity index (χ3v) is 5.16. The standard InChI is InChI=1S/C21H23N5O/c1-15-6-3-4-8-19(15)26-16(2)18(13-24-26)21(27)25-11-10-23-14-20(25)17-7-5-9-22-12-17/h3-9,12-13,20,23H,10-11,14H2,1-2H3. The van der Waals surface area contributed by atoms with Crippen LogP contribution < -0.4 is 5.32 Å². The van der Waals surface area contributed by atoms with Gasteiger partial charge in [-0.25, -0.2) is 4.68 Å². The lowest BCUT2D eigenvalue weighted by atomic mass is 10.0. The van der Waals surface area contributed by atoms with Gasteiger partial charge in [0, 0.05) is 32.0 Å². The van der Waals surface area contributed by atoms with Crippen molar-refractivity contribution < 1.29 is 4.79 Å². The fourth-order valence-electron chi connectivity index (χ4n) is 3.64. The van der Waals surface area contributed by atoms with Crippen molar-refractivity contribution in [3.8, 4) is 5.69 Å². The van der Waals surface area contributed by atoms with Gasteiger partial charge in [0.2, 0.25) is 0 Å². The van der Waals surface area contributed by atoms with Crippen molar-refractivity contribution >= 4 is 5.91 Å². The van der Waals surface area contributed by atoms with Crippen LogP contribution in [0.15, 0.2) is 55.0 Å². The number of aryl methyl sites for hydroxylation is 1. The van der Waals surface area contributed by atoms with Gasteiger partial charge < -0.3 is 10.2 Å². The molecule has 0 radical (unpaired) electrons. The van der Waals surface area contributed by atoms with Gasteiger partial charge in [0.05, 0.1) is 29.2 Å². The van der Waals surface area contributed by atoms with E-state index in [1.165, 1.54) is 0 Å². The summed E-state index contributed by atoms with van der Waals surface area (Å²) in [6.07, 6.45) is 5.27. The summed E-state index contributed by atoms with van der Waals surface area (Å²) in [5.41, 5.74) is 4.67. The lowest BCUT2D eigenvalue weighted by Gasteiger charge is -2.36. The Morgan fingerprint density at radius 3 is 2.78 bits per heavy atom. The number of carbonyl (C=O) groups is 1. The summed E-state index contributed by atoms with van der Waals surface area (Å²) in [6.45, 7) is 6.17. The summed E-state index contributed by atoms with van der Waals surface area (Å²) in [5, 5.41) is 7.88. The molecule has 6 nitrogen and oxygen atoms in total. The zero-order valence-corrected chi connectivity index (χ0v) is 15.6. The zero-order chi connectivity index (χ0) is 18.8. The minimum absolute atomic E-state index is 0.0164. The Hall–Kier alpha value is -2.99. The number of hydrogen-bond donors (Lipinski definition) is 1. The molecular weight excluding hydrogens is 338 g/mol. The van der Waals surface area contributed by atoms with E-state index in [-0.39, 0.29) is 11.9 Å². The highest BCUT2D eigenvalue weighted by atomic mass is 16.2. The summed E-state index contributed by atoms with van der Waals surface area (Å²) >= 11 is 0.